The summed E-state index contributed by atoms with van der Waals surface area (Å²) < 4.78 is 0. The summed E-state index contributed by atoms with van der Waals surface area (Å²) >= 11 is 0. The highest BCUT2D eigenvalue weighted by molar-refractivity contribution is 5.95. The smallest absolute Gasteiger partial charge is 0.101 e. The maximum atomic E-state index is 10.2. The standard InChI is InChI=1S/C27H30N6O/c1-18-14-32(25-7-4-19(12-28)27-24(25)3-2-8-30-27)17-26-23-6-5-21(11-20(23)15-33(18)26)31-10-9-29-13-22(34)16-31/h2-8,11,18,22,26,29,34H,9-10,13-17H2,1H3/t18-,22-,26-/m1/s1. The number of β-amino-alcohol motifs (C(OH)–C–C–N with tert-alkyl or cyclic N) is 1. The van der Waals surface area contributed by atoms with Crippen LogP contribution in [0.3, 0.4) is 0 Å². The maximum absolute atomic E-state index is 10.2. The van der Waals surface area contributed by atoms with Crippen LogP contribution in [0, 0.1) is 11.3 Å². The number of nitrogens with zero attached hydrogens (tertiary/aromatic N) is 5. The zero-order valence-electron chi connectivity index (χ0n) is 19.5. The number of pyridine rings is 1. The van der Waals surface area contributed by atoms with E-state index in [2.05, 4.69) is 68.3 Å². The molecule has 34 heavy (non-hydrogen) atoms. The van der Waals surface area contributed by atoms with Crippen molar-refractivity contribution in [2.75, 3.05) is 49.1 Å². The summed E-state index contributed by atoms with van der Waals surface area (Å²) in [5.74, 6) is 0. The van der Waals surface area contributed by atoms with Gasteiger partial charge in [0.2, 0.25) is 0 Å². The van der Waals surface area contributed by atoms with Gasteiger partial charge >= 0.3 is 0 Å². The van der Waals surface area contributed by atoms with Crippen LogP contribution in [0.25, 0.3) is 10.9 Å². The number of aromatic nitrogens is 1. The molecule has 3 atom stereocenters. The zero-order valence-corrected chi connectivity index (χ0v) is 19.5. The van der Waals surface area contributed by atoms with Gasteiger partial charge in [-0.1, -0.05) is 6.07 Å². The van der Waals surface area contributed by atoms with Crippen molar-refractivity contribution < 1.29 is 5.11 Å². The van der Waals surface area contributed by atoms with Gasteiger partial charge in [0, 0.05) is 74.8 Å². The van der Waals surface area contributed by atoms with Gasteiger partial charge in [0.15, 0.2) is 0 Å². The van der Waals surface area contributed by atoms with E-state index < -0.39 is 0 Å². The lowest BCUT2D eigenvalue weighted by Crippen LogP contribution is -2.51. The van der Waals surface area contributed by atoms with Crippen molar-refractivity contribution in [3.8, 4) is 6.07 Å². The predicted molar refractivity (Wildman–Crippen MR) is 134 cm³/mol. The first-order valence-electron chi connectivity index (χ1n) is 12.2. The van der Waals surface area contributed by atoms with Crippen LogP contribution in [0.15, 0.2) is 48.7 Å². The molecule has 7 nitrogen and oxygen atoms in total. The molecule has 0 spiro atoms. The highest BCUT2D eigenvalue weighted by atomic mass is 16.3. The molecule has 6 rings (SSSR count). The van der Waals surface area contributed by atoms with Crippen molar-refractivity contribution >= 4 is 22.3 Å². The van der Waals surface area contributed by atoms with E-state index >= 15 is 0 Å². The average molecular weight is 455 g/mol. The topological polar surface area (TPSA) is 78.7 Å². The number of aliphatic hydroxyl groups is 1. The van der Waals surface area contributed by atoms with E-state index in [0.29, 0.717) is 30.7 Å². The molecule has 3 aliphatic heterocycles. The van der Waals surface area contributed by atoms with Crippen molar-refractivity contribution in [3.63, 3.8) is 0 Å². The molecule has 0 aliphatic carbocycles. The van der Waals surface area contributed by atoms with Gasteiger partial charge in [0.05, 0.1) is 23.2 Å². The number of aliphatic hydroxyl groups excluding tert-OH is 1. The Morgan fingerprint density at radius 2 is 2.03 bits per heavy atom. The largest absolute Gasteiger partial charge is 0.390 e. The Bertz CT molecular complexity index is 1270. The number of nitriles is 1. The van der Waals surface area contributed by atoms with E-state index in [1.807, 2.05) is 12.1 Å². The molecule has 2 N–H and O–H groups in total. The predicted octanol–water partition coefficient (Wildman–Crippen LogP) is 2.64. The molecule has 3 aliphatic rings. The van der Waals surface area contributed by atoms with Crippen molar-refractivity contribution in [2.24, 2.45) is 0 Å². The monoisotopic (exact) mass is 454 g/mol. The second-order valence-electron chi connectivity index (χ2n) is 9.77. The fourth-order valence-electron chi connectivity index (χ4n) is 5.96. The molecule has 3 aromatic rings. The fourth-order valence-corrected chi connectivity index (χ4v) is 5.96. The van der Waals surface area contributed by atoms with Crippen molar-refractivity contribution in [2.45, 2.75) is 31.7 Å². The number of nitrogens with one attached hydrogen (secondary N) is 1. The lowest BCUT2D eigenvalue weighted by Gasteiger charge is -2.43. The third-order valence-electron chi connectivity index (χ3n) is 7.63. The molecule has 0 amide bonds. The maximum Gasteiger partial charge on any atom is 0.101 e. The van der Waals surface area contributed by atoms with Crippen LogP contribution < -0.4 is 15.1 Å². The summed E-state index contributed by atoms with van der Waals surface area (Å²) in [4.78, 5) is 11.9. The van der Waals surface area contributed by atoms with E-state index in [4.69, 9.17) is 0 Å². The molecule has 0 saturated carbocycles. The van der Waals surface area contributed by atoms with E-state index in [9.17, 15) is 10.4 Å². The van der Waals surface area contributed by atoms with Crippen LogP contribution in [0.4, 0.5) is 11.4 Å². The summed E-state index contributed by atoms with van der Waals surface area (Å²) in [5.41, 5.74) is 6.57. The molecule has 7 heteroatoms. The SMILES string of the molecule is C[C@@H]1CN(c2ccc(C#N)c3ncccc23)C[C@@H]2c3ccc(N4CCNC[C@@H](O)C4)cc3CN12. The molecular weight excluding hydrogens is 424 g/mol. The number of hydrogen-bond acceptors (Lipinski definition) is 7. The number of hydrogen-bond donors (Lipinski definition) is 2. The third kappa shape index (κ3) is 3.59. The zero-order chi connectivity index (χ0) is 23.2. The van der Waals surface area contributed by atoms with Crippen LogP contribution in [-0.4, -0.2) is 66.4 Å². The molecule has 0 unspecified atom stereocenters. The number of rotatable bonds is 2. The molecule has 2 aromatic carbocycles. The Morgan fingerprint density at radius 3 is 2.91 bits per heavy atom. The Balaban J connectivity index is 1.31. The molecule has 0 radical (unpaired) electrons. The summed E-state index contributed by atoms with van der Waals surface area (Å²) in [6.07, 6.45) is 1.42. The Morgan fingerprint density at radius 1 is 1.12 bits per heavy atom. The normalized spacial score (nSPS) is 25.0. The van der Waals surface area contributed by atoms with E-state index in [-0.39, 0.29) is 6.10 Å². The highest BCUT2D eigenvalue weighted by Crippen LogP contribution is 2.42. The van der Waals surface area contributed by atoms with E-state index in [1.54, 1.807) is 6.20 Å². The van der Waals surface area contributed by atoms with Gasteiger partial charge < -0.3 is 20.2 Å². The average Bonchev–Trinajstić information content (AvgIpc) is 3.09. The quantitative estimate of drug-likeness (QED) is 0.616. The first-order chi connectivity index (χ1) is 16.6. The van der Waals surface area contributed by atoms with Gasteiger partial charge in [-0.05, 0) is 54.4 Å². The second kappa shape index (κ2) is 8.55. The molecule has 2 fully saturated rings. The Labute approximate surface area is 200 Å². The van der Waals surface area contributed by atoms with Crippen LogP contribution in [0.1, 0.15) is 29.7 Å². The van der Waals surface area contributed by atoms with Crippen molar-refractivity contribution in [1.82, 2.24) is 15.2 Å². The number of benzene rings is 2. The van der Waals surface area contributed by atoms with Gasteiger partial charge in [-0.2, -0.15) is 5.26 Å². The molecule has 2 saturated heterocycles. The number of anilines is 2. The third-order valence-corrected chi connectivity index (χ3v) is 7.63. The minimum atomic E-state index is -0.340. The molecule has 4 heterocycles. The van der Waals surface area contributed by atoms with Crippen molar-refractivity contribution in [3.05, 3.63) is 65.4 Å². The summed E-state index contributed by atoms with van der Waals surface area (Å²) in [5, 5.41) is 24.1. The lowest BCUT2D eigenvalue weighted by molar-refractivity contribution is 0.134. The second-order valence-corrected chi connectivity index (χ2v) is 9.77. The Hall–Kier alpha value is -3.18. The molecule has 174 valence electrons. The molecule has 0 bridgehead atoms. The van der Waals surface area contributed by atoms with Gasteiger partial charge in [-0.3, -0.25) is 9.88 Å². The van der Waals surface area contributed by atoms with E-state index in [1.165, 1.54) is 16.8 Å². The summed E-state index contributed by atoms with van der Waals surface area (Å²) in [6.45, 7) is 8.26. The van der Waals surface area contributed by atoms with Crippen molar-refractivity contribution in [1.29, 1.82) is 5.26 Å². The van der Waals surface area contributed by atoms with Crippen LogP contribution in [0.5, 0.6) is 0 Å². The number of fused-ring (bicyclic) bond motifs is 4. The Kier molecular flexibility index (Phi) is 5.37. The molecular formula is C27H30N6O. The van der Waals surface area contributed by atoms with Gasteiger partial charge in [-0.15, -0.1) is 0 Å². The number of piperazine rings is 1. The van der Waals surface area contributed by atoms with Crippen LogP contribution in [0.2, 0.25) is 0 Å². The lowest BCUT2D eigenvalue weighted by atomic mass is 9.99. The first-order valence-corrected chi connectivity index (χ1v) is 12.2. The fraction of sp³-hybridized carbons (Fsp3) is 0.407. The van der Waals surface area contributed by atoms with Gasteiger partial charge in [0.25, 0.3) is 0 Å². The minimum Gasteiger partial charge on any atom is -0.390 e. The summed E-state index contributed by atoms with van der Waals surface area (Å²) in [6, 6.07) is 17.9. The highest BCUT2D eigenvalue weighted by Gasteiger charge is 2.39. The van der Waals surface area contributed by atoms with Gasteiger partial charge in [-0.25, -0.2) is 0 Å². The van der Waals surface area contributed by atoms with E-state index in [0.717, 1.165) is 49.3 Å². The molecule has 1 aromatic heterocycles. The van der Waals surface area contributed by atoms with Gasteiger partial charge in [0.1, 0.15) is 6.07 Å². The minimum absolute atomic E-state index is 0.339. The summed E-state index contributed by atoms with van der Waals surface area (Å²) in [7, 11) is 0. The van der Waals surface area contributed by atoms with Crippen LogP contribution >= 0.6 is 0 Å². The first kappa shape index (κ1) is 21.4. The van der Waals surface area contributed by atoms with Crippen LogP contribution in [-0.2, 0) is 6.54 Å².